The molecule has 23 heavy (non-hydrogen) atoms. The van der Waals surface area contributed by atoms with E-state index >= 15 is 0 Å². The van der Waals surface area contributed by atoms with Gasteiger partial charge in [-0.2, -0.15) is 4.89 Å². The van der Waals surface area contributed by atoms with Gasteiger partial charge in [-0.05, 0) is 13.3 Å². The molecule has 0 rings (SSSR count). The number of hydrogen-bond donors (Lipinski definition) is 1. The first-order valence-corrected chi connectivity index (χ1v) is 9.14. The molecule has 0 spiro atoms. The van der Waals surface area contributed by atoms with Gasteiger partial charge in [-0.15, -0.1) is 0 Å². The van der Waals surface area contributed by atoms with Crippen molar-refractivity contribution in [1.29, 1.82) is 0 Å². The summed E-state index contributed by atoms with van der Waals surface area (Å²) >= 11 is 0. The summed E-state index contributed by atoms with van der Waals surface area (Å²) in [6, 6.07) is 0. The summed E-state index contributed by atoms with van der Waals surface area (Å²) in [6.45, 7) is 4.10. The molecule has 0 aromatic heterocycles. The zero-order valence-electron chi connectivity index (χ0n) is 14.8. The average molecular weight is 330 g/mol. The van der Waals surface area contributed by atoms with E-state index in [1.54, 1.807) is 0 Å². The van der Waals surface area contributed by atoms with Crippen LogP contribution in [0.5, 0.6) is 0 Å². The molecule has 1 unspecified atom stereocenters. The van der Waals surface area contributed by atoms with Crippen LogP contribution in [-0.2, 0) is 19.4 Å². The number of unbranched alkanes of at least 4 members (excludes halogenated alkanes) is 9. The van der Waals surface area contributed by atoms with Gasteiger partial charge >= 0.3 is 11.9 Å². The van der Waals surface area contributed by atoms with Gasteiger partial charge in [0.1, 0.15) is 6.10 Å². The summed E-state index contributed by atoms with van der Waals surface area (Å²) < 4.78 is 0. The number of carboxylic acids is 1. The Morgan fingerprint density at radius 3 is 1.91 bits per heavy atom. The van der Waals surface area contributed by atoms with Gasteiger partial charge in [-0.3, -0.25) is 9.68 Å². The molecule has 0 bridgehead atoms. The molecule has 5 nitrogen and oxygen atoms in total. The molecular formula is C18H34O5. The summed E-state index contributed by atoms with van der Waals surface area (Å²) in [4.78, 5) is 31.1. The predicted octanol–water partition coefficient (Wildman–Crippen LogP) is 5.03. The van der Waals surface area contributed by atoms with Crippen LogP contribution in [0.4, 0.5) is 0 Å². The Morgan fingerprint density at radius 1 is 0.870 bits per heavy atom. The Hall–Kier alpha value is -1.10. The zero-order valence-corrected chi connectivity index (χ0v) is 14.8. The minimum atomic E-state index is -1.01. The number of carboxylic acid groups (broad SMARTS) is 1. The molecule has 136 valence electrons. The van der Waals surface area contributed by atoms with Crippen LogP contribution in [0.25, 0.3) is 0 Å². The van der Waals surface area contributed by atoms with Crippen molar-refractivity contribution in [2.75, 3.05) is 0 Å². The van der Waals surface area contributed by atoms with Crippen LogP contribution in [0.2, 0.25) is 0 Å². The second-order valence-corrected chi connectivity index (χ2v) is 6.23. The third kappa shape index (κ3) is 17.1. The van der Waals surface area contributed by atoms with Gasteiger partial charge in [0, 0.05) is 0 Å². The monoisotopic (exact) mass is 330 g/mol. The summed E-state index contributed by atoms with van der Waals surface area (Å²) in [5, 5.41) is 8.45. The predicted molar refractivity (Wildman–Crippen MR) is 90.0 cm³/mol. The minimum absolute atomic E-state index is 0.141. The second-order valence-electron chi connectivity index (χ2n) is 6.23. The summed E-state index contributed by atoms with van der Waals surface area (Å²) in [5.41, 5.74) is 0. The number of carbonyl (C=O) groups excluding carboxylic acids is 1. The molecule has 0 aliphatic rings. The van der Waals surface area contributed by atoms with Gasteiger partial charge in [-0.25, -0.2) is 4.79 Å². The van der Waals surface area contributed by atoms with E-state index in [9.17, 15) is 9.59 Å². The van der Waals surface area contributed by atoms with Gasteiger partial charge < -0.3 is 5.11 Å². The molecule has 0 aromatic carbocycles. The Labute approximate surface area is 140 Å². The first kappa shape index (κ1) is 21.9. The van der Waals surface area contributed by atoms with E-state index in [-0.39, 0.29) is 18.9 Å². The van der Waals surface area contributed by atoms with Crippen molar-refractivity contribution in [3.05, 3.63) is 0 Å². The molecule has 0 saturated carbocycles. The molecule has 0 amide bonds. The Morgan fingerprint density at radius 2 is 1.39 bits per heavy atom. The fourth-order valence-corrected chi connectivity index (χ4v) is 2.35. The molecule has 0 saturated heterocycles. The first-order chi connectivity index (χ1) is 11.1. The molecule has 0 heterocycles. The van der Waals surface area contributed by atoms with E-state index in [4.69, 9.17) is 9.99 Å². The van der Waals surface area contributed by atoms with Crippen molar-refractivity contribution < 1.29 is 24.5 Å². The van der Waals surface area contributed by atoms with Crippen LogP contribution < -0.4 is 0 Å². The van der Waals surface area contributed by atoms with Crippen molar-refractivity contribution in [3.63, 3.8) is 0 Å². The maximum Gasteiger partial charge on any atom is 0.342 e. The van der Waals surface area contributed by atoms with Crippen LogP contribution in [0, 0.1) is 0 Å². The number of rotatable bonds is 16. The fourth-order valence-electron chi connectivity index (χ4n) is 2.35. The van der Waals surface area contributed by atoms with E-state index in [1.807, 2.05) is 6.92 Å². The van der Waals surface area contributed by atoms with Gasteiger partial charge in [0.25, 0.3) is 0 Å². The molecule has 0 radical (unpaired) electrons. The standard InChI is InChI=1S/C18H34O5/c1-3-4-5-6-7-8-9-10-11-12-13-16(2)22-23-18(21)15-14-17(19)20/h16H,3-15H2,1-2H3,(H,19,20). The third-order valence-electron chi connectivity index (χ3n) is 3.81. The van der Waals surface area contributed by atoms with Gasteiger partial charge in [0.15, 0.2) is 0 Å². The minimum Gasteiger partial charge on any atom is -0.481 e. The van der Waals surface area contributed by atoms with Crippen molar-refractivity contribution in [2.24, 2.45) is 0 Å². The molecule has 1 atom stereocenters. The molecule has 0 aliphatic heterocycles. The van der Waals surface area contributed by atoms with E-state index in [2.05, 4.69) is 11.8 Å². The summed E-state index contributed by atoms with van der Waals surface area (Å²) in [7, 11) is 0. The van der Waals surface area contributed by atoms with E-state index in [0.29, 0.717) is 0 Å². The molecule has 0 aromatic rings. The summed E-state index contributed by atoms with van der Waals surface area (Å²) in [6.07, 6.45) is 13.2. The average Bonchev–Trinajstić information content (AvgIpc) is 2.52. The quantitative estimate of drug-likeness (QED) is 0.244. The topological polar surface area (TPSA) is 72.8 Å². The van der Waals surface area contributed by atoms with Crippen LogP contribution >= 0.6 is 0 Å². The van der Waals surface area contributed by atoms with Crippen molar-refractivity contribution >= 4 is 11.9 Å². The SMILES string of the molecule is CCCCCCCCCCCCC(C)OOC(=O)CCC(=O)O. The Bertz CT molecular complexity index is 304. The van der Waals surface area contributed by atoms with Crippen LogP contribution in [0.15, 0.2) is 0 Å². The molecule has 5 heteroatoms. The Balaban J connectivity index is 3.31. The smallest absolute Gasteiger partial charge is 0.342 e. The van der Waals surface area contributed by atoms with Crippen LogP contribution in [0.3, 0.4) is 0 Å². The van der Waals surface area contributed by atoms with Crippen molar-refractivity contribution in [2.45, 2.75) is 103 Å². The Kier molecular flexibility index (Phi) is 15.0. The lowest BCUT2D eigenvalue weighted by Crippen LogP contribution is -2.14. The molecule has 0 fully saturated rings. The fraction of sp³-hybridized carbons (Fsp3) is 0.889. The molecule has 1 N–H and O–H groups in total. The first-order valence-electron chi connectivity index (χ1n) is 9.14. The van der Waals surface area contributed by atoms with Crippen molar-refractivity contribution in [1.82, 2.24) is 0 Å². The largest absolute Gasteiger partial charge is 0.481 e. The van der Waals surface area contributed by atoms with E-state index in [1.165, 1.54) is 57.8 Å². The van der Waals surface area contributed by atoms with Crippen molar-refractivity contribution in [3.8, 4) is 0 Å². The van der Waals surface area contributed by atoms with E-state index < -0.39 is 11.9 Å². The van der Waals surface area contributed by atoms with Gasteiger partial charge in [0.05, 0.1) is 12.8 Å². The highest BCUT2D eigenvalue weighted by Gasteiger charge is 2.10. The number of hydrogen-bond acceptors (Lipinski definition) is 4. The lowest BCUT2D eigenvalue weighted by Gasteiger charge is -2.10. The second kappa shape index (κ2) is 15.8. The van der Waals surface area contributed by atoms with Crippen LogP contribution in [0.1, 0.15) is 97.3 Å². The number of carbonyl (C=O) groups is 2. The lowest BCUT2D eigenvalue weighted by atomic mass is 10.1. The highest BCUT2D eigenvalue weighted by Crippen LogP contribution is 2.13. The maximum absolute atomic E-state index is 11.2. The highest BCUT2D eigenvalue weighted by molar-refractivity contribution is 5.76. The lowest BCUT2D eigenvalue weighted by molar-refractivity contribution is -0.295. The normalized spacial score (nSPS) is 12.1. The third-order valence-corrected chi connectivity index (χ3v) is 3.81. The zero-order chi connectivity index (χ0) is 17.3. The van der Waals surface area contributed by atoms with Gasteiger partial charge in [0.2, 0.25) is 0 Å². The summed E-state index contributed by atoms with van der Waals surface area (Å²) in [5.74, 6) is -1.64. The van der Waals surface area contributed by atoms with Gasteiger partial charge in [-0.1, -0.05) is 71.1 Å². The van der Waals surface area contributed by atoms with E-state index in [0.717, 1.165) is 12.8 Å². The highest BCUT2D eigenvalue weighted by atomic mass is 17.2. The van der Waals surface area contributed by atoms with Crippen LogP contribution in [-0.4, -0.2) is 23.1 Å². The molecular weight excluding hydrogens is 296 g/mol. The molecule has 0 aliphatic carbocycles. The maximum atomic E-state index is 11.2. The number of aliphatic carboxylic acids is 1.